The third-order valence-corrected chi connectivity index (χ3v) is 2.58. The summed E-state index contributed by atoms with van der Waals surface area (Å²) in [7, 11) is 1.67. The molecule has 18 heavy (non-hydrogen) atoms. The zero-order valence-corrected chi connectivity index (χ0v) is 10.2. The van der Waals surface area contributed by atoms with Crippen LogP contribution in [-0.4, -0.2) is 12.1 Å². The smallest absolute Gasteiger partial charge is 0.126 e. The Morgan fingerprint density at radius 3 is 2.72 bits per heavy atom. The van der Waals surface area contributed by atoms with Crippen LogP contribution in [0.3, 0.4) is 0 Å². The zero-order chi connectivity index (χ0) is 12.8. The van der Waals surface area contributed by atoms with E-state index in [0.717, 1.165) is 22.8 Å². The van der Waals surface area contributed by atoms with Crippen molar-refractivity contribution < 1.29 is 4.74 Å². The molecular formula is C13H16N4O. The molecular weight excluding hydrogens is 228 g/mol. The first-order chi connectivity index (χ1) is 8.83. The third-order valence-electron chi connectivity index (χ3n) is 2.58. The lowest BCUT2D eigenvalue weighted by molar-refractivity contribution is 0.410. The van der Waals surface area contributed by atoms with Gasteiger partial charge >= 0.3 is 0 Å². The number of rotatable bonds is 5. The van der Waals surface area contributed by atoms with Crippen LogP contribution in [0.2, 0.25) is 0 Å². The standard InChI is InChI=1S/C13H16N4O/c1-18-12-5-3-2-4-10(12)8-15-13-7-6-11(17-14)9-16-13/h2-7,9,17H,8,14H2,1H3,(H,15,16). The quantitative estimate of drug-likeness (QED) is 0.554. The van der Waals surface area contributed by atoms with Gasteiger partial charge in [0.05, 0.1) is 19.0 Å². The predicted molar refractivity (Wildman–Crippen MR) is 72.4 cm³/mol. The molecule has 4 N–H and O–H groups in total. The van der Waals surface area contributed by atoms with E-state index in [0.29, 0.717) is 6.54 Å². The molecule has 0 fully saturated rings. The maximum absolute atomic E-state index is 5.28. The SMILES string of the molecule is COc1ccccc1CNc1ccc(NN)cn1. The molecule has 5 heteroatoms. The van der Waals surface area contributed by atoms with Crippen LogP contribution in [-0.2, 0) is 6.54 Å². The summed E-state index contributed by atoms with van der Waals surface area (Å²) in [5.74, 6) is 6.93. The molecule has 0 aliphatic rings. The van der Waals surface area contributed by atoms with Crippen molar-refractivity contribution in [1.82, 2.24) is 4.98 Å². The van der Waals surface area contributed by atoms with Gasteiger partial charge in [-0.15, -0.1) is 0 Å². The number of hydrogen-bond acceptors (Lipinski definition) is 5. The lowest BCUT2D eigenvalue weighted by Gasteiger charge is -2.10. The Labute approximate surface area is 106 Å². The van der Waals surface area contributed by atoms with Crippen LogP contribution < -0.4 is 21.3 Å². The maximum atomic E-state index is 5.28. The second-order valence-electron chi connectivity index (χ2n) is 3.74. The van der Waals surface area contributed by atoms with Crippen molar-refractivity contribution in [1.29, 1.82) is 0 Å². The molecule has 1 aromatic heterocycles. The molecule has 0 atom stereocenters. The van der Waals surface area contributed by atoms with Crippen LogP contribution in [0, 0.1) is 0 Å². The number of methoxy groups -OCH3 is 1. The lowest BCUT2D eigenvalue weighted by Crippen LogP contribution is -2.07. The maximum Gasteiger partial charge on any atom is 0.126 e. The monoisotopic (exact) mass is 244 g/mol. The minimum atomic E-state index is 0.659. The number of nitrogens with two attached hydrogens (primary N) is 1. The summed E-state index contributed by atoms with van der Waals surface area (Å²) < 4.78 is 5.28. The molecule has 0 radical (unpaired) electrons. The molecule has 0 saturated carbocycles. The number of hydrogen-bond donors (Lipinski definition) is 3. The second-order valence-corrected chi connectivity index (χ2v) is 3.74. The Morgan fingerprint density at radius 2 is 2.06 bits per heavy atom. The Hall–Kier alpha value is -2.27. The van der Waals surface area contributed by atoms with E-state index in [1.165, 1.54) is 0 Å². The van der Waals surface area contributed by atoms with Crippen molar-refractivity contribution in [3.05, 3.63) is 48.2 Å². The van der Waals surface area contributed by atoms with Gasteiger partial charge in [0.1, 0.15) is 11.6 Å². The highest BCUT2D eigenvalue weighted by Crippen LogP contribution is 2.18. The van der Waals surface area contributed by atoms with Gasteiger partial charge in [0.2, 0.25) is 0 Å². The van der Waals surface area contributed by atoms with Crippen LogP contribution >= 0.6 is 0 Å². The Kier molecular flexibility index (Phi) is 3.98. The number of pyridine rings is 1. The average Bonchev–Trinajstić information content (AvgIpc) is 2.46. The zero-order valence-electron chi connectivity index (χ0n) is 10.2. The summed E-state index contributed by atoms with van der Waals surface area (Å²) in [6, 6.07) is 11.6. The highest BCUT2D eigenvalue weighted by molar-refractivity contribution is 5.47. The Balaban J connectivity index is 2.02. The van der Waals surface area contributed by atoms with Gasteiger partial charge in [-0.2, -0.15) is 0 Å². The van der Waals surface area contributed by atoms with Crippen molar-refractivity contribution in [2.75, 3.05) is 17.9 Å². The molecule has 0 aliphatic carbocycles. The molecule has 0 bridgehead atoms. The van der Waals surface area contributed by atoms with E-state index < -0.39 is 0 Å². The van der Waals surface area contributed by atoms with Gasteiger partial charge in [-0.05, 0) is 18.2 Å². The van der Waals surface area contributed by atoms with Crippen molar-refractivity contribution in [3.63, 3.8) is 0 Å². The van der Waals surface area contributed by atoms with Crippen LogP contribution in [0.15, 0.2) is 42.6 Å². The highest BCUT2D eigenvalue weighted by atomic mass is 16.5. The summed E-state index contributed by atoms with van der Waals surface area (Å²) in [6.07, 6.45) is 1.67. The summed E-state index contributed by atoms with van der Waals surface area (Å²) in [5.41, 5.74) is 4.40. The number of para-hydroxylation sites is 1. The molecule has 5 nitrogen and oxygen atoms in total. The summed E-state index contributed by atoms with van der Waals surface area (Å²) in [6.45, 7) is 0.659. The molecule has 0 amide bonds. The van der Waals surface area contributed by atoms with Crippen molar-refractivity contribution in [2.45, 2.75) is 6.54 Å². The Bertz CT molecular complexity index is 499. The van der Waals surface area contributed by atoms with Gasteiger partial charge < -0.3 is 15.5 Å². The largest absolute Gasteiger partial charge is 0.496 e. The molecule has 2 rings (SSSR count). The van der Waals surface area contributed by atoms with E-state index in [-0.39, 0.29) is 0 Å². The normalized spacial score (nSPS) is 9.89. The van der Waals surface area contributed by atoms with Gasteiger partial charge in [0.25, 0.3) is 0 Å². The van der Waals surface area contributed by atoms with E-state index in [2.05, 4.69) is 15.7 Å². The predicted octanol–water partition coefficient (Wildman–Crippen LogP) is 1.99. The third kappa shape index (κ3) is 2.89. The first kappa shape index (κ1) is 12.2. The molecule has 0 aliphatic heterocycles. The number of nitrogens with one attached hydrogen (secondary N) is 2. The van der Waals surface area contributed by atoms with Gasteiger partial charge in [-0.3, -0.25) is 5.84 Å². The van der Waals surface area contributed by atoms with Crippen LogP contribution in [0.5, 0.6) is 5.75 Å². The van der Waals surface area contributed by atoms with Crippen molar-refractivity contribution in [2.24, 2.45) is 5.84 Å². The molecule has 0 unspecified atom stereocenters. The second kappa shape index (κ2) is 5.88. The molecule has 1 heterocycles. The topological polar surface area (TPSA) is 72.2 Å². The van der Waals surface area contributed by atoms with Crippen LogP contribution in [0.4, 0.5) is 11.5 Å². The van der Waals surface area contributed by atoms with Gasteiger partial charge in [-0.25, -0.2) is 4.98 Å². The first-order valence-electron chi connectivity index (χ1n) is 5.62. The van der Waals surface area contributed by atoms with Crippen LogP contribution in [0.1, 0.15) is 5.56 Å². The van der Waals surface area contributed by atoms with Gasteiger partial charge in [0, 0.05) is 12.1 Å². The fourth-order valence-corrected chi connectivity index (χ4v) is 1.62. The summed E-state index contributed by atoms with van der Waals surface area (Å²) in [4.78, 5) is 4.23. The van der Waals surface area contributed by atoms with E-state index in [1.807, 2.05) is 36.4 Å². The van der Waals surface area contributed by atoms with E-state index in [4.69, 9.17) is 10.6 Å². The van der Waals surface area contributed by atoms with Crippen molar-refractivity contribution >= 4 is 11.5 Å². The number of anilines is 2. The lowest BCUT2D eigenvalue weighted by atomic mass is 10.2. The van der Waals surface area contributed by atoms with Crippen LogP contribution in [0.25, 0.3) is 0 Å². The molecule has 0 spiro atoms. The number of nitrogen functional groups attached to an aromatic ring is 1. The number of benzene rings is 1. The highest BCUT2D eigenvalue weighted by Gasteiger charge is 2.01. The fourth-order valence-electron chi connectivity index (χ4n) is 1.62. The average molecular weight is 244 g/mol. The molecule has 1 aromatic carbocycles. The van der Waals surface area contributed by atoms with Gasteiger partial charge in [0.15, 0.2) is 0 Å². The van der Waals surface area contributed by atoms with E-state index >= 15 is 0 Å². The number of hydrazine groups is 1. The first-order valence-corrected chi connectivity index (χ1v) is 5.62. The molecule has 2 aromatic rings. The number of ether oxygens (including phenoxy) is 1. The van der Waals surface area contributed by atoms with Crippen molar-refractivity contribution in [3.8, 4) is 5.75 Å². The minimum Gasteiger partial charge on any atom is -0.496 e. The fraction of sp³-hybridized carbons (Fsp3) is 0.154. The summed E-state index contributed by atoms with van der Waals surface area (Å²) >= 11 is 0. The minimum absolute atomic E-state index is 0.659. The molecule has 94 valence electrons. The Morgan fingerprint density at radius 1 is 1.22 bits per heavy atom. The molecule has 0 saturated heterocycles. The van der Waals surface area contributed by atoms with Gasteiger partial charge in [-0.1, -0.05) is 18.2 Å². The number of aromatic nitrogens is 1. The van der Waals surface area contributed by atoms with E-state index in [1.54, 1.807) is 13.3 Å². The number of nitrogens with zero attached hydrogens (tertiary/aromatic N) is 1. The van der Waals surface area contributed by atoms with E-state index in [9.17, 15) is 0 Å². The summed E-state index contributed by atoms with van der Waals surface area (Å²) in [5, 5.41) is 3.23.